The zero-order chi connectivity index (χ0) is 10.7. The van der Waals surface area contributed by atoms with E-state index in [-0.39, 0.29) is 11.1 Å². The number of amides is 1. The van der Waals surface area contributed by atoms with Crippen LogP contribution in [0.2, 0.25) is 5.15 Å². The summed E-state index contributed by atoms with van der Waals surface area (Å²) in [6.45, 7) is 2.54. The lowest BCUT2D eigenvalue weighted by Gasteiger charge is -2.14. The second-order valence-corrected chi connectivity index (χ2v) is 4.08. The predicted octanol–water partition coefficient (Wildman–Crippen LogP) is 2.59. The average molecular weight is 278 g/mol. The van der Waals surface area contributed by atoms with Gasteiger partial charge in [0.1, 0.15) is 5.15 Å². The highest BCUT2D eigenvalue weighted by molar-refractivity contribution is 9.10. The van der Waals surface area contributed by atoms with E-state index in [9.17, 15) is 4.79 Å². The maximum Gasteiger partial charge on any atom is 0.256 e. The van der Waals surface area contributed by atoms with Crippen molar-refractivity contribution in [2.45, 2.75) is 6.92 Å². The molecule has 1 amide bonds. The molecule has 0 bridgehead atoms. The topological polar surface area (TPSA) is 33.2 Å². The highest BCUT2D eigenvalue weighted by Crippen LogP contribution is 2.19. The number of hydrogen-bond acceptors (Lipinski definition) is 2. The summed E-state index contributed by atoms with van der Waals surface area (Å²) in [5.74, 6) is -0.119. The van der Waals surface area contributed by atoms with Crippen LogP contribution >= 0.6 is 27.5 Å². The second kappa shape index (κ2) is 4.75. The molecule has 0 unspecified atom stereocenters. The van der Waals surface area contributed by atoms with Gasteiger partial charge in [-0.3, -0.25) is 4.79 Å². The van der Waals surface area contributed by atoms with Gasteiger partial charge in [0.05, 0.1) is 5.56 Å². The van der Waals surface area contributed by atoms with Crippen molar-refractivity contribution in [3.8, 4) is 0 Å². The van der Waals surface area contributed by atoms with Crippen LogP contribution in [0, 0.1) is 0 Å². The zero-order valence-electron chi connectivity index (χ0n) is 7.92. The van der Waals surface area contributed by atoms with Crippen molar-refractivity contribution in [3.63, 3.8) is 0 Å². The molecule has 0 spiro atoms. The summed E-state index contributed by atoms with van der Waals surface area (Å²) in [6, 6.07) is 1.67. The number of rotatable bonds is 2. The Morgan fingerprint density at radius 1 is 1.71 bits per heavy atom. The molecule has 1 aromatic rings. The highest BCUT2D eigenvalue weighted by atomic mass is 79.9. The minimum atomic E-state index is -0.119. The Hall–Kier alpha value is -0.610. The number of carbonyl (C=O) groups is 1. The van der Waals surface area contributed by atoms with Gasteiger partial charge in [0.15, 0.2) is 0 Å². The Labute approximate surface area is 96.2 Å². The van der Waals surface area contributed by atoms with Crippen LogP contribution in [0.5, 0.6) is 0 Å². The van der Waals surface area contributed by atoms with Gasteiger partial charge in [-0.05, 0) is 28.9 Å². The van der Waals surface area contributed by atoms with Crippen LogP contribution in [-0.4, -0.2) is 29.4 Å². The van der Waals surface area contributed by atoms with Crippen molar-refractivity contribution in [1.82, 2.24) is 9.88 Å². The van der Waals surface area contributed by atoms with Crippen molar-refractivity contribution >= 4 is 33.4 Å². The molecule has 0 saturated carbocycles. The molecule has 0 aromatic carbocycles. The summed E-state index contributed by atoms with van der Waals surface area (Å²) in [4.78, 5) is 17.2. The summed E-state index contributed by atoms with van der Waals surface area (Å²) in [5.41, 5.74) is 0.422. The van der Waals surface area contributed by atoms with Gasteiger partial charge in [-0.2, -0.15) is 0 Å². The predicted molar refractivity (Wildman–Crippen MR) is 59.6 cm³/mol. The van der Waals surface area contributed by atoms with Crippen LogP contribution in [-0.2, 0) is 0 Å². The van der Waals surface area contributed by atoms with Gasteiger partial charge in [0.2, 0.25) is 0 Å². The second-order valence-electron chi connectivity index (χ2n) is 2.81. The van der Waals surface area contributed by atoms with Gasteiger partial charge in [-0.15, -0.1) is 0 Å². The molecule has 5 heteroatoms. The van der Waals surface area contributed by atoms with E-state index >= 15 is 0 Å². The molecule has 0 N–H and O–H groups in total. The van der Waals surface area contributed by atoms with Gasteiger partial charge in [0.25, 0.3) is 5.91 Å². The molecule has 0 aliphatic heterocycles. The molecule has 1 aromatic heterocycles. The summed E-state index contributed by atoms with van der Waals surface area (Å²) >= 11 is 9.06. The molecule has 0 aliphatic rings. The van der Waals surface area contributed by atoms with E-state index < -0.39 is 0 Å². The van der Waals surface area contributed by atoms with Crippen LogP contribution in [0.25, 0.3) is 0 Å². The SMILES string of the molecule is CCN(C)C(=O)c1cc(Br)cnc1Cl. The molecule has 0 aliphatic carbocycles. The number of aromatic nitrogens is 1. The molecule has 0 saturated heterocycles. The van der Waals surface area contributed by atoms with Crippen LogP contribution in [0.1, 0.15) is 17.3 Å². The van der Waals surface area contributed by atoms with Gasteiger partial charge in [-0.1, -0.05) is 11.6 Å². The summed E-state index contributed by atoms with van der Waals surface area (Å²) < 4.78 is 0.745. The third kappa shape index (κ3) is 2.45. The lowest BCUT2D eigenvalue weighted by Crippen LogP contribution is -2.26. The molecule has 14 heavy (non-hydrogen) atoms. The Bertz CT molecular complexity index is 357. The molecule has 0 fully saturated rings. The minimum Gasteiger partial charge on any atom is -0.342 e. The largest absolute Gasteiger partial charge is 0.342 e. The number of carbonyl (C=O) groups excluding carboxylic acids is 1. The number of pyridine rings is 1. The minimum absolute atomic E-state index is 0.119. The lowest BCUT2D eigenvalue weighted by molar-refractivity contribution is 0.0802. The number of hydrogen-bond donors (Lipinski definition) is 0. The molecule has 76 valence electrons. The van der Waals surface area contributed by atoms with E-state index in [0.717, 1.165) is 4.47 Å². The summed E-state index contributed by atoms with van der Waals surface area (Å²) in [7, 11) is 1.72. The van der Waals surface area contributed by atoms with E-state index in [0.29, 0.717) is 12.1 Å². The first-order valence-corrected chi connectivity index (χ1v) is 5.30. The smallest absolute Gasteiger partial charge is 0.256 e. The van der Waals surface area contributed by atoms with E-state index in [2.05, 4.69) is 20.9 Å². The van der Waals surface area contributed by atoms with Crippen molar-refractivity contribution in [2.24, 2.45) is 0 Å². The van der Waals surface area contributed by atoms with Crippen LogP contribution in [0.3, 0.4) is 0 Å². The summed E-state index contributed by atoms with van der Waals surface area (Å²) in [5, 5.41) is 0.235. The fraction of sp³-hybridized carbons (Fsp3) is 0.333. The standard InChI is InChI=1S/C9H10BrClN2O/c1-3-13(2)9(14)7-4-6(10)5-12-8(7)11/h4-5H,3H2,1-2H3. The fourth-order valence-electron chi connectivity index (χ4n) is 0.922. The van der Waals surface area contributed by atoms with Gasteiger partial charge < -0.3 is 4.90 Å². The first-order valence-electron chi connectivity index (χ1n) is 4.12. The Balaban J connectivity index is 3.06. The van der Waals surface area contributed by atoms with Crippen molar-refractivity contribution in [3.05, 3.63) is 27.5 Å². The monoisotopic (exact) mass is 276 g/mol. The molecule has 3 nitrogen and oxygen atoms in total. The Kier molecular flexibility index (Phi) is 3.89. The summed E-state index contributed by atoms with van der Waals surface area (Å²) in [6.07, 6.45) is 1.56. The van der Waals surface area contributed by atoms with E-state index in [1.807, 2.05) is 6.92 Å². The van der Waals surface area contributed by atoms with Gasteiger partial charge in [-0.25, -0.2) is 4.98 Å². The van der Waals surface area contributed by atoms with Crippen molar-refractivity contribution in [1.29, 1.82) is 0 Å². The molecule has 0 atom stereocenters. The lowest BCUT2D eigenvalue weighted by atomic mass is 10.2. The third-order valence-corrected chi connectivity index (χ3v) is 2.59. The van der Waals surface area contributed by atoms with E-state index in [1.54, 1.807) is 24.2 Å². The normalized spacial score (nSPS) is 10.0. The fourth-order valence-corrected chi connectivity index (χ4v) is 1.44. The maximum absolute atomic E-state index is 11.7. The molecule has 0 radical (unpaired) electrons. The quantitative estimate of drug-likeness (QED) is 0.779. The van der Waals surface area contributed by atoms with E-state index in [4.69, 9.17) is 11.6 Å². The zero-order valence-corrected chi connectivity index (χ0v) is 10.3. The van der Waals surface area contributed by atoms with Gasteiger partial charge >= 0.3 is 0 Å². The molecular weight excluding hydrogens is 267 g/mol. The Morgan fingerprint density at radius 3 is 2.93 bits per heavy atom. The van der Waals surface area contributed by atoms with Gasteiger partial charge in [0, 0.05) is 24.3 Å². The number of halogens is 2. The average Bonchev–Trinajstić information content (AvgIpc) is 2.19. The highest BCUT2D eigenvalue weighted by Gasteiger charge is 2.14. The number of nitrogens with zero attached hydrogens (tertiary/aromatic N) is 2. The van der Waals surface area contributed by atoms with Crippen LogP contribution in [0.4, 0.5) is 0 Å². The van der Waals surface area contributed by atoms with Crippen molar-refractivity contribution in [2.75, 3.05) is 13.6 Å². The van der Waals surface area contributed by atoms with E-state index in [1.165, 1.54) is 0 Å². The molecule has 1 rings (SSSR count). The molecule has 1 heterocycles. The van der Waals surface area contributed by atoms with Crippen LogP contribution in [0.15, 0.2) is 16.7 Å². The maximum atomic E-state index is 11.7. The Morgan fingerprint density at radius 2 is 2.36 bits per heavy atom. The third-order valence-electron chi connectivity index (χ3n) is 1.86. The molecular formula is C9H10BrClN2O. The first kappa shape index (κ1) is 11.5. The van der Waals surface area contributed by atoms with Crippen molar-refractivity contribution < 1.29 is 4.79 Å². The first-order chi connectivity index (χ1) is 6.56. The van der Waals surface area contributed by atoms with Crippen LogP contribution < -0.4 is 0 Å².